The minimum atomic E-state index is 0.793. The summed E-state index contributed by atoms with van der Waals surface area (Å²) in [6.07, 6.45) is 1.85. The van der Waals surface area contributed by atoms with Gasteiger partial charge in [-0.15, -0.1) is 11.3 Å². The summed E-state index contributed by atoms with van der Waals surface area (Å²) in [7, 11) is 0. The standard InChI is InChI=1S/C13H12ClNS/c1-9-3-4-11(7-10(9)2)15-8-12-5-6-13(14)16-12/h3-8H,1-2H3. The van der Waals surface area contributed by atoms with Gasteiger partial charge in [0, 0.05) is 11.1 Å². The fraction of sp³-hybridized carbons (Fsp3) is 0.154. The van der Waals surface area contributed by atoms with Gasteiger partial charge in [0.25, 0.3) is 0 Å². The van der Waals surface area contributed by atoms with E-state index in [2.05, 4.69) is 31.0 Å². The third kappa shape index (κ3) is 2.71. The molecule has 0 unspecified atom stereocenters. The van der Waals surface area contributed by atoms with Crippen LogP contribution in [0, 0.1) is 13.8 Å². The van der Waals surface area contributed by atoms with E-state index in [1.54, 1.807) is 0 Å². The molecule has 0 radical (unpaired) electrons. The van der Waals surface area contributed by atoms with Crippen molar-refractivity contribution in [2.24, 2.45) is 4.99 Å². The van der Waals surface area contributed by atoms with Crippen molar-refractivity contribution < 1.29 is 0 Å². The number of hydrogen-bond acceptors (Lipinski definition) is 2. The molecule has 1 aromatic carbocycles. The lowest BCUT2D eigenvalue weighted by molar-refractivity contribution is 1.33. The fourth-order valence-corrected chi connectivity index (χ4v) is 2.27. The molecule has 0 amide bonds. The van der Waals surface area contributed by atoms with Gasteiger partial charge in [-0.25, -0.2) is 0 Å². The third-order valence-corrected chi connectivity index (χ3v) is 3.59. The minimum absolute atomic E-state index is 0.793. The molecule has 1 nitrogen and oxygen atoms in total. The first-order valence-corrected chi connectivity index (χ1v) is 6.21. The van der Waals surface area contributed by atoms with Crippen molar-refractivity contribution in [1.29, 1.82) is 0 Å². The number of thiophene rings is 1. The Morgan fingerprint density at radius 3 is 2.56 bits per heavy atom. The summed E-state index contributed by atoms with van der Waals surface area (Å²) >= 11 is 7.38. The molecule has 2 rings (SSSR count). The summed E-state index contributed by atoms with van der Waals surface area (Å²) in [5.41, 5.74) is 3.53. The van der Waals surface area contributed by atoms with Crippen molar-refractivity contribution in [1.82, 2.24) is 0 Å². The van der Waals surface area contributed by atoms with E-state index in [1.807, 2.05) is 24.4 Å². The Kier molecular flexibility index (Phi) is 3.42. The van der Waals surface area contributed by atoms with Crippen LogP contribution in [0.25, 0.3) is 0 Å². The van der Waals surface area contributed by atoms with Crippen LogP contribution in [0.1, 0.15) is 16.0 Å². The van der Waals surface area contributed by atoms with Gasteiger partial charge in [-0.1, -0.05) is 17.7 Å². The largest absolute Gasteiger partial charge is 0.255 e. The molecule has 0 spiro atoms. The van der Waals surface area contributed by atoms with Gasteiger partial charge in [0.05, 0.1) is 10.0 Å². The number of rotatable bonds is 2. The summed E-state index contributed by atoms with van der Waals surface area (Å²) < 4.78 is 0.793. The van der Waals surface area contributed by atoms with Gasteiger partial charge in [0.15, 0.2) is 0 Å². The molecule has 2 aromatic rings. The van der Waals surface area contributed by atoms with E-state index in [0.717, 1.165) is 14.9 Å². The average molecular weight is 250 g/mol. The van der Waals surface area contributed by atoms with Gasteiger partial charge in [-0.3, -0.25) is 4.99 Å². The maximum Gasteiger partial charge on any atom is 0.0935 e. The van der Waals surface area contributed by atoms with Crippen LogP contribution >= 0.6 is 22.9 Å². The van der Waals surface area contributed by atoms with E-state index >= 15 is 0 Å². The van der Waals surface area contributed by atoms with Crippen LogP contribution in [0.2, 0.25) is 4.34 Å². The molecule has 0 aliphatic carbocycles. The Morgan fingerprint density at radius 1 is 1.12 bits per heavy atom. The summed E-state index contributed by atoms with van der Waals surface area (Å²) in [6, 6.07) is 10.0. The summed E-state index contributed by atoms with van der Waals surface area (Å²) in [4.78, 5) is 5.49. The normalized spacial score (nSPS) is 11.2. The first kappa shape index (κ1) is 11.4. The lowest BCUT2D eigenvalue weighted by Crippen LogP contribution is -1.79. The van der Waals surface area contributed by atoms with E-state index in [4.69, 9.17) is 11.6 Å². The predicted octanol–water partition coefficient (Wildman–Crippen LogP) is 4.77. The first-order valence-electron chi connectivity index (χ1n) is 5.02. The van der Waals surface area contributed by atoms with Gasteiger partial charge in [-0.2, -0.15) is 0 Å². The van der Waals surface area contributed by atoms with Crippen molar-refractivity contribution in [3.63, 3.8) is 0 Å². The predicted molar refractivity (Wildman–Crippen MR) is 72.5 cm³/mol. The summed E-state index contributed by atoms with van der Waals surface area (Å²) in [5.74, 6) is 0. The highest BCUT2D eigenvalue weighted by atomic mass is 35.5. The van der Waals surface area contributed by atoms with Crippen LogP contribution in [0.15, 0.2) is 35.3 Å². The Bertz CT molecular complexity index is 528. The highest BCUT2D eigenvalue weighted by Crippen LogP contribution is 2.21. The molecular formula is C13H12ClNS. The number of halogens is 1. The second-order valence-corrected chi connectivity index (χ2v) is 5.42. The van der Waals surface area contributed by atoms with Gasteiger partial charge >= 0.3 is 0 Å². The topological polar surface area (TPSA) is 12.4 Å². The van der Waals surface area contributed by atoms with Crippen LogP contribution in [0.4, 0.5) is 5.69 Å². The van der Waals surface area contributed by atoms with Crippen LogP contribution in [-0.2, 0) is 0 Å². The van der Waals surface area contributed by atoms with Gasteiger partial charge in [-0.05, 0) is 49.2 Å². The van der Waals surface area contributed by atoms with Crippen LogP contribution in [0.5, 0.6) is 0 Å². The zero-order chi connectivity index (χ0) is 11.5. The van der Waals surface area contributed by atoms with E-state index in [-0.39, 0.29) is 0 Å². The number of aliphatic imine (C=N–C) groups is 1. The van der Waals surface area contributed by atoms with E-state index in [1.165, 1.54) is 22.5 Å². The zero-order valence-electron chi connectivity index (χ0n) is 9.20. The molecule has 1 aromatic heterocycles. The quantitative estimate of drug-likeness (QED) is 0.680. The van der Waals surface area contributed by atoms with Crippen LogP contribution in [-0.4, -0.2) is 6.21 Å². The van der Waals surface area contributed by atoms with Gasteiger partial charge in [0.1, 0.15) is 0 Å². The van der Waals surface area contributed by atoms with E-state index in [9.17, 15) is 0 Å². The molecule has 0 N–H and O–H groups in total. The number of benzene rings is 1. The molecule has 0 aliphatic rings. The molecule has 0 atom stereocenters. The smallest absolute Gasteiger partial charge is 0.0935 e. The third-order valence-electron chi connectivity index (χ3n) is 2.43. The second kappa shape index (κ2) is 4.81. The molecule has 0 fully saturated rings. The Hall–Kier alpha value is -1.12. The molecule has 3 heteroatoms. The lowest BCUT2D eigenvalue weighted by Gasteiger charge is -1.99. The number of nitrogens with zero attached hydrogens (tertiary/aromatic N) is 1. The van der Waals surface area contributed by atoms with E-state index < -0.39 is 0 Å². The number of aryl methyl sites for hydroxylation is 2. The Labute approximate surface area is 104 Å². The molecule has 0 saturated heterocycles. The molecule has 0 saturated carbocycles. The summed E-state index contributed by atoms with van der Waals surface area (Å²) in [5, 5.41) is 0. The first-order chi connectivity index (χ1) is 7.65. The van der Waals surface area contributed by atoms with E-state index in [0.29, 0.717) is 0 Å². The monoisotopic (exact) mass is 249 g/mol. The highest BCUT2D eigenvalue weighted by Gasteiger charge is 1.96. The molecule has 82 valence electrons. The average Bonchev–Trinajstić information content (AvgIpc) is 2.66. The fourth-order valence-electron chi connectivity index (χ4n) is 1.34. The van der Waals surface area contributed by atoms with Crippen molar-refractivity contribution in [2.45, 2.75) is 13.8 Å². The SMILES string of the molecule is Cc1ccc(N=Cc2ccc(Cl)s2)cc1C. The van der Waals surface area contributed by atoms with Crippen LogP contribution < -0.4 is 0 Å². The summed E-state index contributed by atoms with van der Waals surface area (Å²) in [6.45, 7) is 4.19. The Morgan fingerprint density at radius 2 is 1.94 bits per heavy atom. The Balaban J connectivity index is 2.20. The maximum atomic E-state index is 5.85. The second-order valence-electron chi connectivity index (χ2n) is 3.67. The molecule has 0 bridgehead atoms. The number of hydrogen-bond donors (Lipinski definition) is 0. The van der Waals surface area contributed by atoms with Gasteiger partial charge < -0.3 is 0 Å². The minimum Gasteiger partial charge on any atom is -0.255 e. The maximum absolute atomic E-state index is 5.85. The van der Waals surface area contributed by atoms with Crippen LogP contribution in [0.3, 0.4) is 0 Å². The molecule has 0 aliphatic heterocycles. The molecule has 1 heterocycles. The van der Waals surface area contributed by atoms with Crippen molar-refractivity contribution in [3.8, 4) is 0 Å². The zero-order valence-corrected chi connectivity index (χ0v) is 10.8. The highest BCUT2D eigenvalue weighted by molar-refractivity contribution is 7.17. The van der Waals surface area contributed by atoms with Crippen molar-refractivity contribution in [2.75, 3.05) is 0 Å². The molecule has 16 heavy (non-hydrogen) atoms. The van der Waals surface area contributed by atoms with Crippen molar-refractivity contribution in [3.05, 3.63) is 50.7 Å². The molecular weight excluding hydrogens is 238 g/mol. The van der Waals surface area contributed by atoms with Gasteiger partial charge in [0.2, 0.25) is 0 Å². The van der Waals surface area contributed by atoms with Crippen molar-refractivity contribution >= 4 is 34.8 Å². The lowest BCUT2D eigenvalue weighted by atomic mass is 10.1.